The molecule has 3 heterocycles. The first-order valence-electron chi connectivity index (χ1n) is 9.38. The quantitative estimate of drug-likeness (QED) is 0.857. The Morgan fingerprint density at radius 1 is 1.35 bits per heavy atom. The van der Waals surface area contributed by atoms with Gasteiger partial charge in [-0.1, -0.05) is 0 Å². The highest BCUT2D eigenvalue weighted by Gasteiger charge is 2.26. The van der Waals surface area contributed by atoms with Crippen molar-refractivity contribution >= 4 is 5.91 Å². The van der Waals surface area contributed by atoms with Gasteiger partial charge in [-0.15, -0.1) is 0 Å². The van der Waals surface area contributed by atoms with Crippen molar-refractivity contribution < 1.29 is 4.79 Å². The lowest BCUT2D eigenvalue weighted by atomic mass is 9.98. The summed E-state index contributed by atoms with van der Waals surface area (Å²) in [6, 6.07) is 2.21. The zero-order chi connectivity index (χ0) is 18.5. The van der Waals surface area contributed by atoms with E-state index in [1.807, 2.05) is 30.8 Å². The molecule has 1 fully saturated rings. The summed E-state index contributed by atoms with van der Waals surface area (Å²) in [5.74, 6) is 0.195. The van der Waals surface area contributed by atoms with E-state index in [0.29, 0.717) is 18.5 Å². The Kier molecular flexibility index (Phi) is 5.85. The van der Waals surface area contributed by atoms with Gasteiger partial charge >= 0.3 is 5.69 Å². The Morgan fingerprint density at radius 3 is 2.92 bits per heavy atom. The molecule has 1 atom stereocenters. The van der Waals surface area contributed by atoms with Crippen LogP contribution in [-0.4, -0.2) is 43.1 Å². The van der Waals surface area contributed by atoms with Crippen LogP contribution in [0, 0.1) is 13.8 Å². The van der Waals surface area contributed by atoms with Crippen LogP contribution < -0.4 is 5.69 Å². The lowest BCUT2D eigenvalue weighted by Gasteiger charge is -2.36. The SMILES string of the molecule is Cc1nc(=O)[nH]c(C)c1CCC(=O)N1CCCC[C@H]1CCn1cccn1. The molecule has 0 spiro atoms. The number of amides is 1. The molecule has 0 radical (unpaired) electrons. The van der Waals surface area contributed by atoms with E-state index in [1.165, 1.54) is 6.42 Å². The zero-order valence-electron chi connectivity index (χ0n) is 15.6. The number of aromatic amines is 1. The van der Waals surface area contributed by atoms with Gasteiger partial charge in [0, 0.05) is 49.3 Å². The number of carbonyl (C=O) groups excluding carboxylic acids is 1. The highest BCUT2D eigenvalue weighted by Crippen LogP contribution is 2.22. The van der Waals surface area contributed by atoms with Gasteiger partial charge in [0.1, 0.15) is 0 Å². The van der Waals surface area contributed by atoms with Gasteiger partial charge in [-0.3, -0.25) is 9.48 Å². The van der Waals surface area contributed by atoms with E-state index in [1.54, 1.807) is 6.20 Å². The van der Waals surface area contributed by atoms with Crippen LogP contribution in [0.2, 0.25) is 0 Å². The molecule has 0 aromatic carbocycles. The van der Waals surface area contributed by atoms with Crippen LogP contribution in [0.25, 0.3) is 0 Å². The largest absolute Gasteiger partial charge is 0.345 e. The van der Waals surface area contributed by atoms with Crippen molar-refractivity contribution in [3.05, 3.63) is 45.9 Å². The summed E-state index contributed by atoms with van der Waals surface area (Å²) in [6.45, 7) is 5.37. The molecule has 0 unspecified atom stereocenters. The monoisotopic (exact) mass is 357 g/mol. The Hall–Kier alpha value is -2.44. The number of nitrogens with zero attached hydrogens (tertiary/aromatic N) is 4. The Labute approximate surface area is 153 Å². The van der Waals surface area contributed by atoms with Crippen molar-refractivity contribution in [3.63, 3.8) is 0 Å². The number of aryl methyl sites for hydroxylation is 3. The molecule has 0 saturated carbocycles. The number of carbonyl (C=O) groups is 1. The smallest absolute Gasteiger partial charge is 0.340 e. The van der Waals surface area contributed by atoms with E-state index in [-0.39, 0.29) is 17.6 Å². The first-order valence-corrected chi connectivity index (χ1v) is 9.38. The number of aromatic nitrogens is 4. The van der Waals surface area contributed by atoms with Crippen LogP contribution >= 0.6 is 0 Å². The first kappa shape index (κ1) is 18.4. The van der Waals surface area contributed by atoms with Gasteiger partial charge in [-0.05, 0) is 57.6 Å². The van der Waals surface area contributed by atoms with Crippen LogP contribution in [0.15, 0.2) is 23.3 Å². The molecule has 1 amide bonds. The van der Waals surface area contributed by atoms with Crippen molar-refractivity contribution in [2.75, 3.05) is 6.54 Å². The average Bonchev–Trinajstić information content (AvgIpc) is 3.12. The molecule has 2 aromatic rings. The Bertz CT molecular complexity index is 771. The van der Waals surface area contributed by atoms with Crippen molar-refractivity contribution in [2.24, 2.45) is 0 Å². The maximum absolute atomic E-state index is 12.8. The maximum Gasteiger partial charge on any atom is 0.345 e. The molecule has 26 heavy (non-hydrogen) atoms. The summed E-state index contributed by atoms with van der Waals surface area (Å²) < 4.78 is 1.93. The molecule has 1 aliphatic heterocycles. The van der Waals surface area contributed by atoms with E-state index in [0.717, 1.165) is 43.6 Å². The number of hydrogen-bond acceptors (Lipinski definition) is 4. The summed E-state index contributed by atoms with van der Waals surface area (Å²) in [6.07, 6.45) is 9.06. The van der Waals surface area contributed by atoms with Gasteiger partial charge in [0.05, 0.1) is 0 Å². The second kappa shape index (κ2) is 8.29. The number of rotatable bonds is 6. The summed E-state index contributed by atoms with van der Waals surface area (Å²) in [4.78, 5) is 33.0. The average molecular weight is 357 g/mol. The minimum absolute atomic E-state index is 0.195. The van der Waals surface area contributed by atoms with Gasteiger partial charge in [0.25, 0.3) is 0 Å². The third-order valence-electron chi connectivity index (χ3n) is 5.24. The summed E-state index contributed by atoms with van der Waals surface area (Å²) in [7, 11) is 0. The van der Waals surface area contributed by atoms with Crippen molar-refractivity contribution in [1.82, 2.24) is 24.6 Å². The van der Waals surface area contributed by atoms with Gasteiger partial charge in [-0.25, -0.2) is 4.79 Å². The number of piperidine rings is 1. The molecule has 1 N–H and O–H groups in total. The molecular formula is C19H27N5O2. The van der Waals surface area contributed by atoms with Crippen LogP contribution in [0.1, 0.15) is 49.1 Å². The zero-order valence-corrected chi connectivity index (χ0v) is 15.6. The molecule has 140 valence electrons. The van der Waals surface area contributed by atoms with Crippen LogP contribution in [0.5, 0.6) is 0 Å². The Morgan fingerprint density at radius 2 is 2.19 bits per heavy atom. The lowest BCUT2D eigenvalue weighted by molar-refractivity contribution is -0.135. The third kappa shape index (κ3) is 4.39. The number of nitrogens with one attached hydrogen (secondary N) is 1. The molecule has 0 bridgehead atoms. The fourth-order valence-electron chi connectivity index (χ4n) is 3.84. The molecule has 1 saturated heterocycles. The molecule has 7 heteroatoms. The maximum atomic E-state index is 12.8. The van der Waals surface area contributed by atoms with Crippen molar-refractivity contribution in [1.29, 1.82) is 0 Å². The highest BCUT2D eigenvalue weighted by atomic mass is 16.2. The predicted molar refractivity (Wildman–Crippen MR) is 98.8 cm³/mol. The van der Waals surface area contributed by atoms with E-state index in [2.05, 4.69) is 20.0 Å². The standard InChI is InChI=1S/C19H27N5O2/c1-14-17(15(2)22-19(26)21-14)7-8-18(25)24-12-4-3-6-16(24)9-13-23-11-5-10-20-23/h5,10-11,16H,3-4,6-9,12-13H2,1-2H3,(H,21,22,26)/t16-/m0/s1. The molecule has 7 nitrogen and oxygen atoms in total. The van der Waals surface area contributed by atoms with E-state index >= 15 is 0 Å². The molecule has 0 aliphatic carbocycles. The predicted octanol–water partition coefficient (Wildman–Crippen LogP) is 1.99. The second-order valence-electron chi connectivity index (χ2n) is 7.03. The van der Waals surface area contributed by atoms with Gasteiger partial charge in [0.15, 0.2) is 0 Å². The molecule has 2 aromatic heterocycles. The second-order valence-corrected chi connectivity index (χ2v) is 7.03. The topological polar surface area (TPSA) is 83.9 Å². The van der Waals surface area contributed by atoms with Crippen molar-refractivity contribution in [3.8, 4) is 0 Å². The van der Waals surface area contributed by atoms with Gasteiger partial charge in [-0.2, -0.15) is 10.1 Å². The van der Waals surface area contributed by atoms with Crippen LogP contribution in [0.3, 0.4) is 0 Å². The normalized spacial score (nSPS) is 17.5. The Balaban J connectivity index is 1.60. The van der Waals surface area contributed by atoms with Crippen LogP contribution in [0.4, 0.5) is 0 Å². The molecule has 3 rings (SSSR count). The number of likely N-dealkylation sites (tertiary alicyclic amines) is 1. The summed E-state index contributed by atoms with van der Waals surface area (Å²) in [5, 5.41) is 4.25. The molecular weight excluding hydrogens is 330 g/mol. The first-order chi connectivity index (χ1) is 12.5. The van der Waals surface area contributed by atoms with E-state index < -0.39 is 0 Å². The van der Waals surface area contributed by atoms with E-state index in [9.17, 15) is 9.59 Å². The molecule has 1 aliphatic rings. The fraction of sp³-hybridized carbons (Fsp3) is 0.579. The van der Waals surface area contributed by atoms with Crippen molar-refractivity contribution in [2.45, 2.75) is 65.0 Å². The summed E-state index contributed by atoms with van der Waals surface area (Å²) in [5.41, 5.74) is 2.17. The summed E-state index contributed by atoms with van der Waals surface area (Å²) >= 11 is 0. The fourth-order valence-corrected chi connectivity index (χ4v) is 3.84. The van der Waals surface area contributed by atoms with Gasteiger partial charge < -0.3 is 9.88 Å². The minimum atomic E-state index is -0.329. The van der Waals surface area contributed by atoms with E-state index in [4.69, 9.17) is 0 Å². The third-order valence-corrected chi connectivity index (χ3v) is 5.24. The van der Waals surface area contributed by atoms with Crippen LogP contribution in [-0.2, 0) is 17.8 Å². The number of hydrogen-bond donors (Lipinski definition) is 1. The lowest BCUT2D eigenvalue weighted by Crippen LogP contribution is -2.44. The minimum Gasteiger partial charge on any atom is -0.340 e. The number of H-pyrrole nitrogens is 1. The highest BCUT2D eigenvalue weighted by molar-refractivity contribution is 5.77. The van der Waals surface area contributed by atoms with Gasteiger partial charge in [0.2, 0.25) is 5.91 Å².